The van der Waals surface area contributed by atoms with Crippen LogP contribution >= 0.6 is 22.9 Å². The fourth-order valence-electron chi connectivity index (χ4n) is 2.25. The third-order valence-corrected chi connectivity index (χ3v) is 4.83. The number of amides is 1. The van der Waals surface area contributed by atoms with Gasteiger partial charge in [0, 0.05) is 22.5 Å². The van der Waals surface area contributed by atoms with Crippen molar-refractivity contribution < 1.29 is 14.3 Å². The fourth-order valence-corrected chi connectivity index (χ4v) is 3.31. The summed E-state index contributed by atoms with van der Waals surface area (Å²) in [6.45, 7) is -0.0915. The number of methoxy groups -OCH3 is 1. The summed E-state index contributed by atoms with van der Waals surface area (Å²) in [6, 6.07) is 14.7. The van der Waals surface area contributed by atoms with Gasteiger partial charge < -0.3 is 9.47 Å². The zero-order chi connectivity index (χ0) is 18.4. The molecule has 134 valence electrons. The van der Waals surface area contributed by atoms with E-state index in [4.69, 9.17) is 21.1 Å². The highest BCUT2D eigenvalue weighted by Gasteiger charge is 2.09. The zero-order valence-electron chi connectivity index (χ0n) is 14.1. The number of halogens is 1. The molecule has 26 heavy (non-hydrogen) atoms. The molecule has 1 heterocycles. The van der Waals surface area contributed by atoms with Crippen molar-refractivity contribution in [1.82, 2.24) is 4.98 Å². The first-order valence-electron chi connectivity index (χ1n) is 7.89. The maximum atomic E-state index is 12.0. The Morgan fingerprint density at radius 3 is 2.62 bits per heavy atom. The number of rotatable bonds is 7. The molecule has 7 heteroatoms. The first-order chi connectivity index (χ1) is 12.6. The van der Waals surface area contributed by atoms with E-state index in [0.29, 0.717) is 17.3 Å². The smallest absolute Gasteiger partial charge is 0.264 e. The van der Waals surface area contributed by atoms with Crippen molar-refractivity contribution in [2.24, 2.45) is 0 Å². The minimum atomic E-state index is -0.264. The summed E-state index contributed by atoms with van der Waals surface area (Å²) in [5, 5.41) is 4.00. The minimum Gasteiger partial charge on any atom is -0.497 e. The Labute approximate surface area is 160 Å². The van der Waals surface area contributed by atoms with Crippen molar-refractivity contribution in [3.05, 3.63) is 70.2 Å². The molecule has 0 saturated heterocycles. The van der Waals surface area contributed by atoms with Gasteiger partial charge in [0.25, 0.3) is 5.91 Å². The second kappa shape index (κ2) is 8.69. The van der Waals surface area contributed by atoms with Gasteiger partial charge in [0.05, 0.1) is 7.11 Å². The van der Waals surface area contributed by atoms with E-state index in [-0.39, 0.29) is 12.5 Å². The second-order valence-corrected chi connectivity index (χ2v) is 6.93. The van der Waals surface area contributed by atoms with Crippen LogP contribution in [-0.2, 0) is 11.2 Å². The molecule has 0 saturated carbocycles. The van der Waals surface area contributed by atoms with Gasteiger partial charge in [0.1, 0.15) is 11.5 Å². The highest BCUT2D eigenvalue weighted by Crippen LogP contribution is 2.24. The summed E-state index contributed by atoms with van der Waals surface area (Å²) < 4.78 is 10.5. The molecule has 3 rings (SSSR count). The van der Waals surface area contributed by atoms with E-state index in [2.05, 4.69) is 10.3 Å². The number of carbonyl (C=O) groups excluding carboxylic acids is 1. The predicted octanol–water partition coefficient (Wildman–Crippen LogP) is 4.41. The van der Waals surface area contributed by atoms with Gasteiger partial charge in [-0.3, -0.25) is 10.1 Å². The molecule has 0 aliphatic carbocycles. The van der Waals surface area contributed by atoms with E-state index in [9.17, 15) is 4.79 Å². The van der Waals surface area contributed by atoms with E-state index >= 15 is 0 Å². The molecule has 1 N–H and O–H groups in total. The molecular formula is C19H17ClN2O3S. The lowest BCUT2D eigenvalue weighted by Crippen LogP contribution is -2.19. The van der Waals surface area contributed by atoms with Crippen LogP contribution in [0.2, 0.25) is 5.02 Å². The molecule has 0 bridgehead atoms. The average molecular weight is 389 g/mol. The molecular weight excluding hydrogens is 372 g/mol. The third kappa shape index (κ3) is 4.97. The summed E-state index contributed by atoms with van der Waals surface area (Å²) in [7, 11) is 1.59. The molecule has 2 aromatic carbocycles. The Hall–Kier alpha value is -2.57. The van der Waals surface area contributed by atoms with Gasteiger partial charge in [-0.2, -0.15) is 0 Å². The number of nitrogens with one attached hydrogen (secondary N) is 1. The molecule has 0 aliphatic heterocycles. The summed E-state index contributed by atoms with van der Waals surface area (Å²) >= 11 is 7.59. The van der Waals surface area contributed by atoms with Crippen LogP contribution in [-0.4, -0.2) is 24.6 Å². The highest BCUT2D eigenvalue weighted by molar-refractivity contribution is 7.15. The number of hydrogen-bond acceptors (Lipinski definition) is 5. The molecule has 0 spiro atoms. The van der Waals surface area contributed by atoms with Gasteiger partial charge >= 0.3 is 0 Å². The number of benzene rings is 2. The van der Waals surface area contributed by atoms with Crippen molar-refractivity contribution >= 4 is 34.0 Å². The van der Waals surface area contributed by atoms with Gasteiger partial charge in [-0.15, -0.1) is 11.3 Å². The van der Waals surface area contributed by atoms with E-state index in [1.807, 2.05) is 24.3 Å². The Morgan fingerprint density at radius 2 is 1.88 bits per heavy atom. The number of ether oxygens (including phenoxy) is 2. The van der Waals surface area contributed by atoms with Crippen LogP contribution < -0.4 is 14.8 Å². The lowest BCUT2D eigenvalue weighted by Gasteiger charge is -2.06. The van der Waals surface area contributed by atoms with Crippen LogP contribution in [0, 0.1) is 0 Å². The van der Waals surface area contributed by atoms with Gasteiger partial charge in [-0.25, -0.2) is 4.98 Å². The van der Waals surface area contributed by atoms with E-state index in [1.54, 1.807) is 37.6 Å². The zero-order valence-corrected chi connectivity index (χ0v) is 15.6. The van der Waals surface area contributed by atoms with E-state index in [1.165, 1.54) is 11.3 Å². The van der Waals surface area contributed by atoms with Crippen molar-refractivity contribution in [3.63, 3.8) is 0 Å². The highest BCUT2D eigenvalue weighted by atomic mass is 35.5. The number of hydrogen-bond donors (Lipinski definition) is 1. The van der Waals surface area contributed by atoms with Crippen molar-refractivity contribution in [1.29, 1.82) is 0 Å². The summed E-state index contributed by atoms with van der Waals surface area (Å²) in [5.74, 6) is 1.06. The van der Waals surface area contributed by atoms with Crippen LogP contribution in [0.1, 0.15) is 10.4 Å². The van der Waals surface area contributed by atoms with Gasteiger partial charge in [-0.05, 0) is 35.9 Å². The molecule has 1 aromatic heterocycles. The predicted molar refractivity (Wildman–Crippen MR) is 103 cm³/mol. The Morgan fingerprint density at radius 1 is 1.15 bits per heavy atom. The van der Waals surface area contributed by atoms with Gasteiger partial charge in [-0.1, -0.05) is 29.8 Å². The number of anilines is 1. The second-order valence-electron chi connectivity index (χ2n) is 5.41. The van der Waals surface area contributed by atoms with Crippen LogP contribution in [0.25, 0.3) is 0 Å². The lowest BCUT2D eigenvalue weighted by atomic mass is 10.1. The summed E-state index contributed by atoms with van der Waals surface area (Å²) in [5.41, 5.74) is 1.03. The Kier molecular flexibility index (Phi) is 6.09. The quantitative estimate of drug-likeness (QED) is 0.651. The molecule has 0 aliphatic rings. The molecule has 0 radical (unpaired) electrons. The van der Waals surface area contributed by atoms with Crippen LogP contribution in [0.5, 0.6) is 11.5 Å². The Balaban J connectivity index is 1.51. The monoisotopic (exact) mass is 388 g/mol. The molecule has 1 amide bonds. The molecule has 0 unspecified atom stereocenters. The number of nitrogens with zero attached hydrogens (tertiary/aromatic N) is 1. The number of thiazole rings is 1. The largest absolute Gasteiger partial charge is 0.497 e. The SMILES string of the molecule is COc1ccc(OCC(=O)Nc2ncc(Cc3ccccc3Cl)s2)cc1. The molecule has 3 aromatic rings. The molecule has 0 fully saturated rings. The Bertz CT molecular complexity index is 881. The first-order valence-corrected chi connectivity index (χ1v) is 9.08. The van der Waals surface area contributed by atoms with Crippen LogP contribution in [0.15, 0.2) is 54.7 Å². The fraction of sp³-hybridized carbons (Fsp3) is 0.158. The molecule has 0 atom stereocenters. The van der Waals surface area contributed by atoms with E-state index in [0.717, 1.165) is 21.2 Å². The maximum absolute atomic E-state index is 12.0. The average Bonchev–Trinajstić information content (AvgIpc) is 3.09. The van der Waals surface area contributed by atoms with E-state index < -0.39 is 0 Å². The normalized spacial score (nSPS) is 10.4. The van der Waals surface area contributed by atoms with Crippen molar-refractivity contribution in [3.8, 4) is 11.5 Å². The lowest BCUT2D eigenvalue weighted by molar-refractivity contribution is -0.118. The van der Waals surface area contributed by atoms with Gasteiger partial charge in [0.2, 0.25) is 0 Å². The maximum Gasteiger partial charge on any atom is 0.264 e. The first kappa shape index (κ1) is 18.2. The summed E-state index contributed by atoms with van der Waals surface area (Å²) in [4.78, 5) is 17.3. The van der Waals surface area contributed by atoms with Gasteiger partial charge in [0.15, 0.2) is 11.7 Å². The minimum absolute atomic E-state index is 0.0915. The summed E-state index contributed by atoms with van der Waals surface area (Å²) in [6.07, 6.45) is 2.42. The topological polar surface area (TPSA) is 60.5 Å². The molecule has 5 nitrogen and oxygen atoms in total. The van der Waals surface area contributed by atoms with Crippen LogP contribution in [0.4, 0.5) is 5.13 Å². The third-order valence-electron chi connectivity index (χ3n) is 3.55. The van der Waals surface area contributed by atoms with Crippen molar-refractivity contribution in [2.45, 2.75) is 6.42 Å². The van der Waals surface area contributed by atoms with Crippen LogP contribution in [0.3, 0.4) is 0 Å². The standard InChI is InChI=1S/C19H17ClN2O3S/c1-24-14-6-8-15(9-7-14)25-12-18(23)22-19-21-11-16(26-19)10-13-4-2-3-5-17(13)20/h2-9,11H,10,12H2,1H3,(H,21,22,23). The number of carbonyl (C=O) groups is 1. The number of aromatic nitrogens is 1. The van der Waals surface area contributed by atoms with Crippen molar-refractivity contribution in [2.75, 3.05) is 19.0 Å².